The van der Waals surface area contributed by atoms with E-state index in [-0.39, 0.29) is 0 Å². The molecule has 6 N–H and O–H groups in total. The second kappa shape index (κ2) is 7.63. The van der Waals surface area contributed by atoms with E-state index in [1.165, 1.54) is 11.8 Å². The van der Waals surface area contributed by atoms with Crippen molar-refractivity contribution in [1.29, 1.82) is 0 Å². The first-order valence-corrected chi connectivity index (χ1v) is 8.97. The second-order valence-electron chi connectivity index (χ2n) is 5.99. The number of rotatable bonds is 7. The molecular weight excluding hydrogens is 348 g/mol. The summed E-state index contributed by atoms with van der Waals surface area (Å²) in [7, 11) is 0. The molecule has 3 rings (SSSR count). The molecule has 0 saturated carbocycles. The van der Waals surface area contributed by atoms with Gasteiger partial charge in [-0.3, -0.25) is 9.59 Å². The average molecular weight is 368 g/mol. The number of fused-ring (bicyclic) bond motifs is 1. The lowest BCUT2D eigenvalue weighted by Crippen LogP contribution is -2.38. The SMILES string of the molecule is CC(NCc1ccc2[nH]c(C(N)=O)c(Sc3ccccc3)c2c1)C(N)=O. The zero-order chi connectivity index (χ0) is 18.7. The molecule has 1 unspecified atom stereocenters. The van der Waals surface area contributed by atoms with Crippen LogP contribution in [-0.4, -0.2) is 22.8 Å². The Morgan fingerprint density at radius 2 is 1.88 bits per heavy atom. The molecule has 0 aliphatic rings. The second-order valence-corrected chi connectivity index (χ2v) is 7.08. The van der Waals surface area contributed by atoms with Gasteiger partial charge in [-0.05, 0) is 36.8 Å². The molecule has 1 atom stereocenters. The summed E-state index contributed by atoms with van der Waals surface area (Å²) in [6, 6.07) is 15.2. The molecule has 1 aromatic heterocycles. The number of nitrogens with one attached hydrogen (secondary N) is 2. The summed E-state index contributed by atoms with van der Waals surface area (Å²) in [6.07, 6.45) is 0. The van der Waals surface area contributed by atoms with E-state index < -0.39 is 17.9 Å². The molecule has 0 aliphatic carbocycles. The molecule has 2 aromatic carbocycles. The Bertz CT molecular complexity index is 953. The first kappa shape index (κ1) is 18.0. The van der Waals surface area contributed by atoms with Crippen molar-refractivity contribution in [2.45, 2.75) is 29.3 Å². The molecular formula is C19H20N4O2S. The van der Waals surface area contributed by atoms with Crippen LogP contribution in [0.1, 0.15) is 23.0 Å². The number of hydrogen-bond donors (Lipinski definition) is 4. The number of hydrogen-bond acceptors (Lipinski definition) is 4. The van der Waals surface area contributed by atoms with E-state index in [0.29, 0.717) is 12.2 Å². The summed E-state index contributed by atoms with van der Waals surface area (Å²) in [5, 5.41) is 3.99. The molecule has 0 aliphatic heterocycles. The van der Waals surface area contributed by atoms with Gasteiger partial charge < -0.3 is 21.8 Å². The topological polar surface area (TPSA) is 114 Å². The summed E-state index contributed by atoms with van der Waals surface area (Å²) in [4.78, 5) is 28.0. The molecule has 6 nitrogen and oxygen atoms in total. The lowest BCUT2D eigenvalue weighted by Gasteiger charge is -2.10. The molecule has 0 spiro atoms. The van der Waals surface area contributed by atoms with Crippen molar-refractivity contribution in [2.24, 2.45) is 11.5 Å². The Balaban J connectivity index is 1.97. The summed E-state index contributed by atoms with van der Waals surface area (Å²) in [6.45, 7) is 2.21. The first-order valence-electron chi connectivity index (χ1n) is 8.15. The van der Waals surface area contributed by atoms with Crippen LogP contribution in [0.15, 0.2) is 58.3 Å². The highest BCUT2D eigenvalue weighted by atomic mass is 32.2. The maximum atomic E-state index is 11.9. The summed E-state index contributed by atoms with van der Waals surface area (Å²) >= 11 is 1.49. The quantitative estimate of drug-likeness (QED) is 0.512. The highest BCUT2D eigenvalue weighted by Gasteiger charge is 2.17. The molecule has 1 heterocycles. The van der Waals surface area contributed by atoms with Crippen molar-refractivity contribution in [2.75, 3.05) is 0 Å². The molecule has 0 saturated heterocycles. The number of aromatic nitrogens is 1. The molecule has 3 aromatic rings. The lowest BCUT2D eigenvalue weighted by molar-refractivity contribution is -0.119. The molecule has 2 amide bonds. The highest BCUT2D eigenvalue weighted by molar-refractivity contribution is 7.99. The number of amides is 2. The fourth-order valence-corrected chi connectivity index (χ4v) is 3.64. The van der Waals surface area contributed by atoms with Gasteiger partial charge in [0.05, 0.1) is 10.9 Å². The highest BCUT2D eigenvalue weighted by Crippen LogP contribution is 2.36. The van der Waals surface area contributed by atoms with Gasteiger partial charge in [0.1, 0.15) is 5.69 Å². The minimum Gasteiger partial charge on any atom is -0.368 e. The minimum absolute atomic E-state index is 0.393. The van der Waals surface area contributed by atoms with Crippen molar-refractivity contribution in [3.05, 3.63) is 59.8 Å². The lowest BCUT2D eigenvalue weighted by atomic mass is 10.1. The first-order chi connectivity index (χ1) is 12.5. The van der Waals surface area contributed by atoms with Gasteiger partial charge in [-0.15, -0.1) is 0 Å². The number of aromatic amines is 1. The standard InChI is InChI=1S/C19H20N4O2S/c1-11(18(20)24)22-10-12-7-8-15-14(9-12)17(16(23-15)19(21)25)26-13-5-3-2-4-6-13/h2-9,11,22-23H,10H2,1H3,(H2,20,24)(H2,21,25). The van der Waals surface area contributed by atoms with Crippen molar-refractivity contribution < 1.29 is 9.59 Å². The molecule has 0 fully saturated rings. The van der Waals surface area contributed by atoms with Gasteiger partial charge in [0, 0.05) is 22.3 Å². The zero-order valence-corrected chi connectivity index (χ0v) is 15.1. The number of carbonyl (C=O) groups is 2. The van der Waals surface area contributed by atoms with Gasteiger partial charge in [-0.1, -0.05) is 36.0 Å². The third kappa shape index (κ3) is 3.89. The average Bonchev–Trinajstić information content (AvgIpc) is 2.98. The largest absolute Gasteiger partial charge is 0.368 e. The fraction of sp³-hybridized carbons (Fsp3) is 0.158. The normalized spacial score (nSPS) is 12.2. The number of H-pyrrole nitrogens is 1. The smallest absolute Gasteiger partial charge is 0.266 e. The number of carbonyl (C=O) groups excluding carboxylic acids is 2. The fourth-order valence-electron chi connectivity index (χ4n) is 2.58. The number of benzene rings is 2. The van der Waals surface area contributed by atoms with Gasteiger partial charge in [0.15, 0.2) is 0 Å². The Kier molecular flexibility index (Phi) is 5.29. The summed E-state index contributed by atoms with van der Waals surface area (Å²) < 4.78 is 0. The van der Waals surface area contributed by atoms with Gasteiger partial charge in [-0.2, -0.15) is 0 Å². The van der Waals surface area contributed by atoms with Gasteiger partial charge in [0.25, 0.3) is 5.91 Å². The maximum Gasteiger partial charge on any atom is 0.266 e. The van der Waals surface area contributed by atoms with E-state index in [1.54, 1.807) is 6.92 Å². The predicted molar refractivity (Wildman–Crippen MR) is 103 cm³/mol. The van der Waals surface area contributed by atoms with Crippen LogP contribution in [-0.2, 0) is 11.3 Å². The monoisotopic (exact) mass is 368 g/mol. The van der Waals surface area contributed by atoms with Gasteiger partial charge >= 0.3 is 0 Å². The van der Waals surface area contributed by atoms with Crippen LogP contribution in [0.25, 0.3) is 10.9 Å². The van der Waals surface area contributed by atoms with Crippen molar-refractivity contribution >= 4 is 34.5 Å². The molecule has 134 valence electrons. The third-order valence-corrected chi connectivity index (χ3v) is 5.20. The molecule has 0 radical (unpaired) electrons. The van der Waals surface area contributed by atoms with Crippen LogP contribution in [0.2, 0.25) is 0 Å². The van der Waals surface area contributed by atoms with Crippen LogP contribution in [0.4, 0.5) is 0 Å². The van der Waals surface area contributed by atoms with Crippen LogP contribution in [0, 0.1) is 0 Å². The molecule has 0 bridgehead atoms. The van der Waals surface area contributed by atoms with Crippen LogP contribution in [0.5, 0.6) is 0 Å². The Hall–Kier alpha value is -2.77. The predicted octanol–water partition coefficient (Wildman–Crippen LogP) is 2.38. The van der Waals surface area contributed by atoms with E-state index in [9.17, 15) is 9.59 Å². The van der Waals surface area contributed by atoms with E-state index in [1.807, 2.05) is 48.5 Å². The molecule has 26 heavy (non-hydrogen) atoms. The van der Waals surface area contributed by atoms with Crippen LogP contribution in [0.3, 0.4) is 0 Å². The molecule has 7 heteroatoms. The van der Waals surface area contributed by atoms with Gasteiger partial charge in [-0.25, -0.2) is 0 Å². The van der Waals surface area contributed by atoms with Crippen molar-refractivity contribution in [3.8, 4) is 0 Å². The zero-order valence-electron chi connectivity index (χ0n) is 14.3. The van der Waals surface area contributed by atoms with Crippen LogP contribution >= 0.6 is 11.8 Å². The van der Waals surface area contributed by atoms with Crippen LogP contribution < -0.4 is 16.8 Å². The van der Waals surface area contributed by atoms with Gasteiger partial charge in [0.2, 0.25) is 5.91 Å². The summed E-state index contributed by atoms with van der Waals surface area (Å²) in [5.74, 6) is -0.897. The third-order valence-electron chi connectivity index (χ3n) is 4.06. The Morgan fingerprint density at radius 3 is 2.54 bits per heavy atom. The van der Waals surface area contributed by atoms with E-state index in [4.69, 9.17) is 11.5 Å². The van der Waals surface area contributed by atoms with Crippen molar-refractivity contribution in [3.63, 3.8) is 0 Å². The van der Waals surface area contributed by atoms with E-state index >= 15 is 0 Å². The number of nitrogens with two attached hydrogens (primary N) is 2. The minimum atomic E-state index is -0.498. The van der Waals surface area contributed by atoms with E-state index in [0.717, 1.165) is 26.3 Å². The number of primary amides is 2. The Morgan fingerprint density at radius 1 is 1.15 bits per heavy atom. The van der Waals surface area contributed by atoms with Crippen molar-refractivity contribution in [1.82, 2.24) is 10.3 Å². The Labute approximate surface area is 155 Å². The van der Waals surface area contributed by atoms with E-state index in [2.05, 4.69) is 10.3 Å². The maximum absolute atomic E-state index is 11.9. The summed E-state index contributed by atoms with van der Waals surface area (Å²) in [5.41, 5.74) is 13.0.